The topological polar surface area (TPSA) is 213 Å². The number of cyclic esters (lactones) is 1. The average molecular weight is 606 g/mol. The van der Waals surface area contributed by atoms with Crippen LogP contribution in [0.4, 0.5) is 0 Å². The molecule has 0 aromatic rings. The Morgan fingerprint density at radius 2 is 1.48 bits per heavy atom. The maximum absolute atomic E-state index is 13.1. The number of ether oxygens (including phenoxy) is 6. The molecule has 16 unspecified atom stereocenters. The van der Waals surface area contributed by atoms with Gasteiger partial charge in [-0.1, -0.05) is 6.92 Å². The summed E-state index contributed by atoms with van der Waals surface area (Å²) < 4.78 is 34.9. The second-order valence-corrected chi connectivity index (χ2v) is 12.1. The van der Waals surface area contributed by atoms with Gasteiger partial charge in [-0.2, -0.15) is 0 Å². The molecular weight excluding hydrogens is 558 g/mol. The third-order valence-corrected chi connectivity index (χ3v) is 9.08. The van der Waals surface area contributed by atoms with Crippen molar-refractivity contribution in [2.75, 3.05) is 13.7 Å². The molecule has 4 aliphatic heterocycles. The fraction of sp³-hybridized carbons (Fsp3) is 0.929. The second kappa shape index (κ2) is 14.2. The van der Waals surface area contributed by atoms with Crippen LogP contribution in [0.3, 0.4) is 0 Å². The summed E-state index contributed by atoms with van der Waals surface area (Å²) in [4.78, 5) is 26.0. The number of Topliss-reactive ketones (excluding diaryl/α,β-unsaturated/α-hetero) is 1. The van der Waals surface area contributed by atoms with E-state index in [1.807, 2.05) is 6.92 Å². The molecule has 4 saturated heterocycles. The van der Waals surface area contributed by atoms with Gasteiger partial charge >= 0.3 is 5.97 Å². The number of carbonyl (C=O) groups is 2. The molecule has 242 valence electrons. The van der Waals surface area contributed by atoms with Crippen LogP contribution in [0.5, 0.6) is 0 Å². The van der Waals surface area contributed by atoms with E-state index in [0.717, 1.165) is 0 Å². The summed E-state index contributed by atoms with van der Waals surface area (Å²) >= 11 is 0. The number of hydrogen-bond acceptors (Lipinski definition) is 14. The lowest BCUT2D eigenvalue weighted by Gasteiger charge is -2.40. The Kier molecular flexibility index (Phi) is 11.4. The molecule has 0 saturated carbocycles. The maximum Gasteiger partial charge on any atom is 0.311 e. The van der Waals surface area contributed by atoms with Crippen LogP contribution in [-0.4, -0.2) is 137 Å². The summed E-state index contributed by atoms with van der Waals surface area (Å²) in [6, 6.07) is -0.227. The highest BCUT2D eigenvalue weighted by atomic mass is 16.7. The smallest absolute Gasteiger partial charge is 0.311 e. The van der Waals surface area contributed by atoms with Crippen molar-refractivity contribution < 1.29 is 63.5 Å². The Bertz CT molecular complexity index is 924. The molecule has 6 N–H and O–H groups in total. The summed E-state index contributed by atoms with van der Waals surface area (Å²) in [5.41, 5.74) is 0. The molecule has 4 heterocycles. The summed E-state index contributed by atoms with van der Waals surface area (Å²) in [6.45, 7) is 5.98. The highest BCUT2D eigenvalue weighted by molar-refractivity contribution is 5.81. The first-order valence-corrected chi connectivity index (χ1v) is 14.8. The number of ketones is 1. The van der Waals surface area contributed by atoms with Gasteiger partial charge in [0.2, 0.25) is 0 Å². The van der Waals surface area contributed by atoms with E-state index in [9.17, 15) is 35.1 Å². The Balaban J connectivity index is 1.59. The van der Waals surface area contributed by atoms with Crippen LogP contribution in [-0.2, 0) is 38.0 Å². The zero-order chi connectivity index (χ0) is 30.9. The van der Waals surface area contributed by atoms with Crippen LogP contribution < -0.4 is 5.32 Å². The number of esters is 1. The van der Waals surface area contributed by atoms with Crippen LogP contribution in [0.15, 0.2) is 0 Å². The Morgan fingerprint density at radius 3 is 2.17 bits per heavy atom. The lowest BCUT2D eigenvalue weighted by Crippen LogP contribution is -2.52. The van der Waals surface area contributed by atoms with Gasteiger partial charge in [-0.05, 0) is 27.2 Å². The van der Waals surface area contributed by atoms with Crippen LogP contribution >= 0.6 is 0 Å². The van der Waals surface area contributed by atoms with E-state index in [4.69, 9.17) is 28.4 Å². The first-order valence-electron chi connectivity index (χ1n) is 14.8. The molecule has 16 atom stereocenters. The molecule has 0 spiro atoms. The molecule has 0 aromatic heterocycles. The molecular formula is C28H47NO13. The third kappa shape index (κ3) is 7.67. The molecule has 0 aliphatic carbocycles. The number of rotatable bonds is 5. The Morgan fingerprint density at radius 1 is 0.762 bits per heavy atom. The second-order valence-electron chi connectivity index (χ2n) is 12.1. The van der Waals surface area contributed by atoms with Crippen molar-refractivity contribution in [3.8, 4) is 0 Å². The van der Waals surface area contributed by atoms with Gasteiger partial charge in [-0.3, -0.25) is 9.59 Å². The molecule has 4 aliphatic rings. The fourth-order valence-corrected chi connectivity index (χ4v) is 5.95. The van der Waals surface area contributed by atoms with Crippen molar-refractivity contribution in [2.24, 2.45) is 11.8 Å². The van der Waals surface area contributed by atoms with E-state index in [0.29, 0.717) is 0 Å². The minimum atomic E-state index is -1.50. The van der Waals surface area contributed by atoms with Crippen LogP contribution in [0.1, 0.15) is 53.4 Å². The number of methoxy groups -OCH3 is 1. The minimum Gasteiger partial charge on any atom is -0.463 e. The Hall–Kier alpha value is -1.30. The van der Waals surface area contributed by atoms with E-state index in [1.54, 1.807) is 13.8 Å². The van der Waals surface area contributed by atoms with Gasteiger partial charge in [-0.25, -0.2) is 0 Å². The average Bonchev–Trinajstić information content (AvgIpc) is 3.78. The van der Waals surface area contributed by atoms with Crippen LogP contribution in [0.25, 0.3) is 0 Å². The number of hydrogen-bond donors (Lipinski definition) is 6. The van der Waals surface area contributed by atoms with Gasteiger partial charge in [0.05, 0.1) is 60.7 Å². The number of carbonyl (C=O) groups excluding carboxylic acids is 2. The molecule has 14 nitrogen and oxygen atoms in total. The zero-order valence-electron chi connectivity index (χ0n) is 24.8. The van der Waals surface area contributed by atoms with Gasteiger partial charge in [0.1, 0.15) is 30.7 Å². The van der Waals surface area contributed by atoms with Crippen molar-refractivity contribution in [1.82, 2.24) is 5.32 Å². The van der Waals surface area contributed by atoms with Gasteiger partial charge in [0.15, 0.2) is 12.6 Å². The molecule has 14 heteroatoms. The minimum absolute atomic E-state index is 0.00458. The molecule has 0 radical (unpaired) electrons. The SMILES string of the molecule is COC1CC(OC2CC(OC3OC(C)C4NC4C3O)C(O)CCC(=O)C(C)C(O)C(O)COC(=O)C2C)OC(C)C1O. The molecule has 42 heavy (non-hydrogen) atoms. The standard InChI is InChI=1S/C28H47NO13/c1-11-15(30)6-7-16(31)19(42-28-26(35)23-22(29-23)13(3)40-28)8-18(12(2)27(36)38-10-17(32)24(11)33)41-21-9-20(37-5)25(34)14(4)39-21/h11-14,16-26,28-29,31-35H,6-10H2,1-5H3. The van der Waals surface area contributed by atoms with E-state index in [2.05, 4.69) is 5.32 Å². The van der Waals surface area contributed by atoms with Gasteiger partial charge in [-0.15, -0.1) is 0 Å². The predicted octanol–water partition coefficient (Wildman–Crippen LogP) is -1.64. The van der Waals surface area contributed by atoms with Gasteiger partial charge in [0.25, 0.3) is 0 Å². The van der Waals surface area contributed by atoms with E-state index < -0.39 is 97.7 Å². The summed E-state index contributed by atoms with van der Waals surface area (Å²) in [5.74, 6) is -3.09. The zero-order valence-corrected chi connectivity index (χ0v) is 24.8. The third-order valence-electron chi connectivity index (χ3n) is 9.08. The highest BCUT2D eigenvalue weighted by Crippen LogP contribution is 2.34. The molecule has 4 rings (SSSR count). The van der Waals surface area contributed by atoms with E-state index in [-0.39, 0.29) is 43.9 Å². The Labute approximate surface area is 245 Å². The number of aliphatic hydroxyl groups excluding tert-OH is 5. The normalized spacial score (nSPS) is 49.5. The number of aliphatic hydroxyl groups is 5. The van der Waals surface area contributed by atoms with Crippen LogP contribution in [0, 0.1) is 11.8 Å². The van der Waals surface area contributed by atoms with Crippen molar-refractivity contribution in [2.45, 2.75) is 139 Å². The van der Waals surface area contributed by atoms with E-state index in [1.165, 1.54) is 14.0 Å². The molecule has 4 fully saturated rings. The van der Waals surface area contributed by atoms with Gasteiger partial charge in [0, 0.05) is 32.3 Å². The maximum atomic E-state index is 13.1. The highest BCUT2D eigenvalue weighted by Gasteiger charge is 2.55. The van der Waals surface area contributed by atoms with Crippen molar-refractivity contribution >= 4 is 11.8 Å². The number of fused-ring (bicyclic) bond motifs is 1. The molecule has 0 bridgehead atoms. The number of nitrogens with one attached hydrogen (secondary N) is 1. The summed E-state index contributed by atoms with van der Waals surface area (Å²) in [6.07, 6.45) is -11.8. The first-order chi connectivity index (χ1) is 19.8. The predicted molar refractivity (Wildman–Crippen MR) is 143 cm³/mol. The largest absolute Gasteiger partial charge is 0.463 e. The van der Waals surface area contributed by atoms with E-state index >= 15 is 0 Å². The summed E-state index contributed by atoms with van der Waals surface area (Å²) in [5, 5.41) is 56.5. The lowest BCUT2D eigenvalue weighted by atomic mass is 9.89. The molecule has 0 amide bonds. The van der Waals surface area contributed by atoms with Gasteiger partial charge < -0.3 is 59.3 Å². The summed E-state index contributed by atoms with van der Waals surface area (Å²) in [7, 11) is 1.46. The van der Waals surface area contributed by atoms with Crippen molar-refractivity contribution in [3.63, 3.8) is 0 Å². The lowest BCUT2D eigenvalue weighted by molar-refractivity contribution is -0.283. The first kappa shape index (κ1) is 33.6. The van der Waals surface area contributed by atoms with Crippen molar-refractivity contribution in [1.29, 1.82) is 0 Å². The van der Waals surface area contributed by atoms with Crippen molar-refractivity contribution in [3.05, 3.63) is 0 Å². The molecule has 0 aromatic carbocycles. The quantitative estimate of drug-likeness (QED) is 0.153. The monoisotopic (exact) mass is 605 g/mol. The fourth-order valence-electron chi connectivity index (χ4n) is 5.95. The van der Waals surface area contributed by atoms with Crippen LogP contribution in [0.2, 0.25) is 0 Å².